The first kappa shape index (κ1) is 16.3. The average molecular weight is 364 g/mol. The van der Waals surface area contributed by atoms with Gasteiger partial charge in [-0.3, -0.25) is 14.2 Å². The number of furan rings is 1. The second-order valence-electron chi connectivity index (χ2n) is 4.89. The molecule has 24 heavy (non-hydrogen) atoms. The predicted octanol–water partition coefficient (Wildman–Crippen LogP) is 3.45. The van der Waals surface area contributed by atoms with Gasteiger partial charge in [-0.15, -0.1) is 0 Å². The Labute approximate surface area is 146 Å². The fourth-order valence-corrected chi connectivity index (χ4v) is 2.38. The number of rotatable bonds is 4. The van der Waals surface area contributed by atoms with Gasteiger partial charge in [-0.1, -0.05) is 23.2 Å². The Morgan fingerprint density at radius 3 is 2.79 bits per heavy atom. The Kier molecular flexibility index (Phi) is 4.69. The number of nitrogens with one attached hydrogen (secondary N) is 1. The van der Waals surface area contributed by atoms with Crippen LogP contribution in [0.2, 0.25) is 10.0 Å². The van der Waals surface area contributed by atoms with Crippen LogP contribution in [0.3, 0.4) is 0 Å². The maximum absolute atomic E-state index is 12.1. The zero-order valence-corrected chi connectivity index (χ0v) is 13.7. The lowest BCUT2D eigenvalue weighted by molar-refractivity contribution is -0.116. The van der Waals surface area contributed by atoms with Gasteiger partial charge in [0.15, 0.2) is 5.76 Å². The van der Waals surface area contributed by atoms with Crippen LogP contribution in [0, 0.1) is 0 Å². The molecule has 2 heterocycles. The number of benzene rings is 1. The summed E-state index contributed by atoms with van der Waals surface area (Å²) in [7, 11) is 0. The van der Waals surface area contributed by atoms with Crippen molar-refractivity contribution in [3.05, 3.63) is 69.4 Å². The third-order valence-electron chi connectivity index (χ3n) is 3.17. The molecule has 1 amide bonds. The Bertz CT molecular complexity index is 936. The molecule has 0 aliphatic rings. The van der Waals surface area contributed by atoms with Gasteiger partial charge in [0.2, 0.25) is 5.91 Å². The number of nitrogens with zero attached hydrogens (tertiary/aromatic N) is 2. The smallest absolute Gasteiger partial charge is 0.254 e. The number of hydrogen-bond acceptors (Lipinski definition) is 4. The molecule has 0 saturated heterocycles. The van der Waals surface area contributed by atoms with Gasteiger partial charge in [0.05, 0.1) is 23.3 Å². The summed E-state index contributed by atoms with van der Waals surface area (Å²) in [5.41, 5.74) is 0.408. The van der Waals surface area contributed by atoms with Crippen LogP contribution in [-0.4, -0.2) is 15.5 Å². The summed E-state index contributed by atoms with van der Waals surface area (Å²) >= 11 is 11.9. The molecule has 3 aromatic rings. The van der Waals surface area contributed by atoms with E-state index in [4.69, 9.17) is 27.6 Å². The van der Waals surface area contributed by atoms with Crippen LogP contribution in [0.1, 0.15) is 0 Å². The van der Waals surface area contributed by atoms with E-state index in [1.165, 1.54) is 29.3 Å². The Hall–Kier alpha value is -2.57. The minimum atomic E-state index is -0.422. The van der Waals surface area contributed by atoms with Gasteiger partial charge in [0.1, 0.15) is 12.2 Å². The van der Waals surface area contributed by atoms with Crippen molar-refractivity contribution in [3.8, 4) is 11.5 Å². The molecule has 0 fully saturated rings. The highest BCUT2D eigenvalue weighted by Gasteiger charge is 2.10. The topological polar surface area (TPSA) is 77.1 Å². The molecule has 0 bridgehead atoms. The van der Waals surface area contributed by atoms with Crippen molar-refractivity contribution in [2.75, 3.05) is 5.32 Å². The number of hydrogen-bond donors (Lipinski definition) is 1. The maximum Gasteiger partial charge on any atom is 0.254 e. The second kappa shape index (κ2) is 6.90. The summed E-state index contributed by atoms with van der Waals surface area (Å²) in [5, 5.41) is 3.40. The lowest BCUT2D eigenvalue weighted by Crippen LogP contribution is -2.27. The van der Waals surface area contributed by atoms with Gasteiger partial charge in [0, 0.05) is 11.1 Å². The molecule has 0 radical (unpaired) electrons. The van der Waals surface area contributed by atoms with E-state index in [0.29, 0.717) is 27.2 Å². The van der Waals surface area contributed by atoms with Gasteiger partial charge in [-0.05, 0) is 30.3 Å². The zero-order chi connectivity index (χ0) is 17.1. The molecule has 1 N–H and O–H groups in total. The molecular formula is C16H11Cl2N3O3. The Balaban J connectivity index is 1.75. The number of aromatic nitrogens is 2. The quantitative estimate of drug-likeness (QED) is 0.769. The number of carbonyl (C=O) groups excluding carboxylic acids is 1. The summed E-state index contributed by atoms with van der Waals surface area (Å²) < 4.78 is 6.36. The van der Waals surface area contributed by atoms with Crippen LogP contribution >= 0.6 is 23.2 Å². The van der Waals surface area contributed by atoms with Gasteiger partial charge in [-0.2, -0.15) is 0 Å². The molecule has 122 valence electrons. The molecule has 0 aliphatic heterocycles. The summed E-state index contributed by atoms with van der Waals surface area (Å²) in [6.07, 6.45) is 2.78. The van der Waals surface area contributed by atoms with Crippen LogP contribution in [0.4, 0.5) is 5.69 Å². The van der Waals surface area contributed by atoms with E-state index in [-0.39, 0.29) is 12.1 Å². The van der Waals surface area contributed by atoms with Crippen molar-refractivity contribution >= 4 is 34.8 Å². The summed E-state index contributed by atoms with van der Waals surface area (Å²) in [6, 6.07) is 9.42. The van der Waals surface area contributed by atoms with Crippen molar-refractivity contribution in [1.29, 1.82) is 0 Å². The van der Waals surface area contributed by atoms with Gasteiger partial charge in [-0.25, -0.2) is 4.98 Å². The van der Waals surface area contributed by atoms with Gasteiger partial charge in [0.25, 0.3) is 5.56 Å². The molecule has 1 aromatic carbocycles. The number of halogens is 2. The summed E-state index contributed by atoms with van der Waals surface area (Å²) in [4.78, 5) is 28.3. The van der Waals surface area contributed by atoms with Crippen LogP contribution in [0.5, 0.6) is 0 Å². The summed E-state index contributed by atoms with van der Waals surface area (Å²) in [6.45, 7) is -0.201. The minimum Gasteiger partial charge on any atom is -0.463 e. The lowest BCUT2D eigenvalue weighted by atomic mass is 10.3. The van der Waals surface area contributed by atoms with E-state index in [0.717, 1.165) is 0 Å². The molecule has 2 aromatic heterocycles. The van der Waals surface area contributed by atoms with Crippen LogP contribution in [0.15, 0.2) is 58.2 Å². The Morgan fingerprint density at radius 1 is 1.25 bits per heavy atom. The van der Waals surface area contributed by atoms with E-state index < -0.39 is 5.91 Å². The molecule has 0 aliphatic carbocycles. The van der Waals surface area contributed by atoms with E-state index >= 15 is 0 Å². The number of anilines is 1. The number of amides is 1. The lowest BCUT2D eigenvalue weighted by Gasteiger charge is -2.09. The highest BCUT2D eigenvalue weighted by Crippen LogP contribution is 2.25. The zero-order valence-electron chi connectivity index (χ0n) is 12.2. The molecule has 0 saturated carbocycles. The molecule has 0 atom stereocenters. The van der Waals surface area contributed by atoms with E-state index in [9.17, 15) is 9.59 Å². The average Bonchev–Trinajstić information content (AvgIpc) is 3.07. The largest absolute Gasteiger partial charge is 0.463 e. The third kappa shape index (κ3) is 3.67. The first-order chi connectivity index (χ1) is 11.5. The molecular weight excluding hydrogens is 353 g/mol. The second-order valence-corrected chi connectivity index (χ2v) is 5.73. The SMILES string of the molecule is O=C(Cn1cnc(-c2ccco2)cc1=O)Nc1cc(Cl)ccc1Cl. The van der Waals surface area contributed by atoms with E-state index in [1.807, 2.05) is 0 Å². The normalized spacial score (nSPS) is 10.6. The first-order valence-electron chi connectivity index (χ1n) is 6.88. The minimum absolute atomic E-state index is 0.201. The van der Waals surface area contributed by atoms with Crippen LogP contribution < -0.4 is 10.9 Å². The fraction of sp³-hybridized carbons (Fsp3) is 0.0625. The predicted molar refractivity (Wildman–Crippen MR) is 91.3 cm³/mol. The van der Waals surface area contributed by atoms with Crippen LogP contribution in [-0.2, 0) is 11.3 Å². The van der Waals surface area contributed by atoms with Crippen molar-refractivity contribution < 1.29 is 9.21 Å². The molecule has 6 nitrogen and oxygen atoms in total. The highest BCUT2D eigenvalue weighted by atomic mass is 35.5. The van der Waals surface area contributed by atoms with Crippen LogP contribution in [0.25, 0.3) is 11.5 Å². The summed E-state index contributed by atoms with van der Waals surface area (Å²) in [5.74, 6) is 0.0585. The van der Waals surface area contributed by atoms with E-state index in [2.05, 4.69) is 10.3 Å². The number of carbonyl (C=O) groups is 1. The molecule has 0 spiro atoms. The van der Waals surface area contributed by atoms with Crippen molar-refractivity contribution in [1.82, 2.24) is 9.55 Å². The van der Waals surface area contributed by atoms with Crippen molar-refractivity contribution in [2.24, 2.45) is 0 Å². The monoisotopic (exact) mass is 363 g/mol. The van der Waals surface area contributed by atoms with Gasteiger partial charge < -0.3 is 9.73 Å². The Morgan fingerprint density at radius 2 is 2.08 bits per heavy atom. The maximum atomic E-state index is 12.1. The third-order valence-corrected chi connectivity index (χ3v) is 3.73. The molecule has 3 rings (SSSR count). The fourth-order valence-electron chi connectivity index (χ4n) is 2.04. The van der Waals surface area contributed by atoms with Gasteiger partial charge >= 0.3 is 0 Å². The van der Waals surface area contributed by atoms with Crippen molar-refractivity contribution in [2.45, 2.75) is 6.54 Å². The van der Waals surface area contributed by atoms with Crippen molar-refractivity contribution in [3.63, 3.8) is 0 Å². The van der Waals surface area contributed by atoms with E-state index in [1.54, 1.807) is 24.3 Å². The standard InChI is InChI=1S/C16H11Cl2N3O3/c17-10-3-4-11(18)12(6-10)20-15(22)8-21-9-19-13(7-16(21)23)14-2-1-5-24-14/h1-7,9H,8H2,(H,20,22). The molecule has 0 unspecified atom stereocenters. The highest BCUT2D eigenvalue weighted by molar-refractivity contribution is 6.35. The first-order valence-corrected chi connectivity index (χ1v) is 7.64. The molecule has 8 heteroatoms.